The van der Waals surface area contributed by atoms with E-state index in [1.807, 2.05) is 6.92 Å². The van der Waals surface area contributed by atoms with E-state index in [1.54, 1.807) is 11.0 Å². The van der Waals surface area contributed by atoms with E-state index in [2.05, 4.69) is 15.9 Å². The molecule has 1 saturated heterocycles. The summed E-state index contributed by atoms with van der Waals surface area (Å²) in [5.41, 5.74) is 0.115. The molecule has 0 spiro atoms. The van der Waals surface area contributed by atoms with Crippen LogP contribution in [0.1, 0.15) is 23.7 Å². The van der Waals surface area contributed by atoms with Gasteiger partial charge in [0, 0.05) is 11.0 Å². The van der Waals surface area contributed by atoms with Crippen LogP contribution in [0.25, 0.3) is 0 Å². The number of carbonyl (C=O) groups excluding carboxylic acids is 1. The van der Waals surface area contributed by atoms with Gasteiger partial charge in [0.25, 0.3) is 5.91 Å². The SMILES string of the molecule is CCC1COCCN1C(=O)c1cc(Br)ccc1F. The van der Waals surface area contributed by atoms with Crippen LogP contribution in [0.2, 0.25) is 0 Å². The van der Waals surface area contributed by atoms with Crippen LogP contribution in [-0.2, 0) is 4.74 Å². The number of benzene rings is 1. The zero-order valence-electron chi connectivity index (χ0n) is 10.2. The van der Waals surface area contributed by atoms with Crippen molar-refractivity contribution in [2.75, 3.05) is 19.8 Å². The minimum Gasteiger partial charge on any atom is -0.377 e. The first-order valence-corrected chi connectivity index (χ1v) is 6.76. The fourth-order valence-electron chi connectivity index (χ4n) is 2.08. The summed E-state index contributed by atoms with van der Waals surface area (Å²) in [5, 5.41) is 0. The van der Waals surface area contributed by atoms with Crippen LogP contribution in [0.15, 0.2) is 22.7 Å². The molecular weight excluding hydrogens is 301 g/mol. The lowest BCUT2D eigenvalue weighted by Gasteiger charge is -2.35. The van der Waals surface area contributed by atoms with Gasteiger partial charge in [0.2, 0.25) is 0 Å². The van der Waals surface area contributed by atoms with Crippen molar-refractivity contribution in [3.8, 4) is 0 Å². The molecule has 18 heavy (non-hydrogen) atoms. The number of hydrogen-bond donors (Lipinski definition) is 0. The van der Waals surface area contributed by atoms with Crippen LogP contribution in [-0.4, -0.2) is 36.6 Å². The lowest BCUT2D eigenvalue weighted by Crippen LogP contribution is -2.48. The van der Waals surface area contributed by atoms with Crippen LogP contribution >= 0.6 is 15.9 Å². The molecular formula is C13H15BrFNO2. The Balaban J connectivity index is 2.26. The van der Waals surface area contributed by atoms with Gasteiger partial charge in [-0.05, 0) is 24.6 Å². The monoisotopic (exact) mass is 315 g/mol. The van der Waals surface area contributed by atoms with E-state index in [1.165, 1.54) is 12.1 Å². The Morgan fingerprint density at radius 1 is 1.61 bits per heavy atom. The van der Waals surface area contributed by atoms with E-state index in [-0.39, 0.29) is 17.5 Å². The number of halogens is 2. The molecule has 0 radical (unpaired) electrons. The van der Waals surface area contributed by atoms with Crippen molar-refractivity contribution in [3.05, 3.63) is 34.1 Å². The average molecular weight is 316 g/mol. The maximum absolute atomic E-state index is 13.7. The third-order valence-electron chi connectivity index (χ3n) is 3.12. The summed E-state index contributed by atoms with van der Waals surface area (Å²) in [6.45, 7) is 3.55. The molecule has 1 atom stereocenters. The molecule has 3 nitrogen and oxygen atoms in total. The second kappa shape index (κ2) is 5.80. The summed E-state index contributed by atoms with van der Waals surface area (Å²) in [7, 11) is 0. The van der Waals surface area contributed by atoms with Crippen LogP contribution in [0, 0.1) is 5.82 Å². The molecule has 1 fully saturated rings. The van der Waals surface area contributed by atoms with E-state index in [0.29, 0.717) is 24.2 Å². The number of hydrogen-bond acceptors (Lipinski definition) is 2. The molecule has 1 amide bonds. The van der Waals surface area contributed by atoms with E-state index < -0.39 is 5.82 Å². The Morgan fingerprint density at radius 2 is 2.39 bits per heavy atom. The fourth-order valence-corrected chi connectivity index (χ4v) is 2.44. The molecule has 5 heteroatoms. The Hall–Kier alpha value is -0.940. The number of ether oxygens (including phenoxy) is 1. The van der Waals surface area contributed by atoms with Gasteiger partial charge in [0.15, 0.2) is 0 Å². The van der Waals surface area contributed by atoms with Crippen molar-refractivity contribution < 1.29 is 13.9 Å². The van der Waals surface area contributed by atoms with Gasteiger partial charge in [-0.3, -0.25) is 4.79 Å². The fraction of sp³-hybridized carbons (Fsp3) is 0.462. The number of rotatable bonds is 2. The van der Waals surface area contributed by atoms with Gasteiger partial charge in [-0.15, -0.1) is 0 Å². The second-order valence-electron chi connectivity index (χ2n) is 4.26. The molecule has 0 N–H and O–H groups in total. The summed E-state index contributed by atoms with van der Waals surface area (Å²) < 4.78 is 19.8. The van der Waals surface area contributed by atoms with Crippen molar-refractivity contribution in [1.82, 2.24) is 4.90 Å². The maximum atomic E-state index is 13.7. The Morgan fingerprint density at radius 3 is 3.11 bits per heavy atom. The molecule has 0 saturated carbocycles. The van der Waals surface area contributed by atoms with Gasteiger partial charge in [0.1, 0.15) is 5.82 Å². The van der Waals surface area contributed by atoms with E-state index in [9.17, 15) is 9.18 Å². The van der Waals surface area contributed by atoms with Crippen LogP contribution in [0.4, 0.5) is 4.39 Å². The molecule has 1 heterocycles. The molecule has 1 aromatic rings. The molecule has 1 aliphatic rings. The zero-order valence-corrected chi connectivity index (χ0v) is 11.7. The molecule has 1 unspecified atom stereocenters. The number of nitrogens with zero attached hydrogens (tertiary/aromatic N) is 1. The summed E-state index contributed by atoms with van der Waals surface area (Å²) in [6.07, 6.45) is 0.807. The molecule has 0 aromatic heterocycles. The normalized spacial score (nSPS) is 19.9. The highest BCUT2D eigenvalue weighted by atomic mass is 79.9. The first-order valence-electron chi connectivity index (χ1n) is 5.97. The van der Waals surface area contributed by atoms with Crippen molar-refractivity contribution in [2.45, 2.75) is 19.4 Å². The van der Waals surface area contributed by atoms with E-state index >= 15 is 0 Å². The highest BCUT2D eigenvalue weighted by molar-refractivity contribution is 9.10. The largest absolute Gasteiger partial charge is 0.377 e. The van der Waals surface area contributed by atoms with Crippen molar-refractivity contribution >= 4 is 21.8 Å². The highest BCUT2D eigenvalue weighted by Crippen LogP contribution is 2.20. The summed E-state index contributed by atoms with van der Waals surface area (Å²) in [4.78, 5) is 14.1. The Bertz CT molecular complexity index is 453. The van der Waals surface area contributed by atoms with E-state index in [0.717, 1.165) is 6.42 Å². The van der Waals surface area contributed by atoms with Gasteiger partial charge in [-0.1, -0.05) is 22.9 Å². The van der Waals surface area contributed by atoms with Gasteiger partial charge >= 0.3 is 0 Å². The predicted octanol–water partition coefficient (Wildman–Crippen LogP) is 2.84. The van der Waals surface area contributed by atoms with E-state index in [4.69, 9.17) is 4.74 Å². The number of morpholine rings is 1. The van der Waals surface area contributed by atoms with Crippen LogP contribution < -0.4 is 0 Å². The molecule has 1 aliphatic heterocycles. The lowest BCUT2D eigenvalue weighted by molar-refractivity contribution is -0.00303. The smallest absolute Gasteiger partial charge is 0.257 e. The van der Waals surface area contributed by atoms with Gasteiger partial charge in [0.05, 0.1) is 24.8 Å². The minimum absolute atomic E-state index is 0.0321. The first kappa shape index (κ1) is 13.5. The topological polar surface area (TPSA) is 29.5 Å². The summed E-state index contributed by atoms with van der Waals surface area (Å²) in [5.74, 6) is -0.742. The van der Waals surface area contributed by atoms with Gasteiger partial charge in [-0.2, -0.15) is 0 Å². The zero-order chi connectivity index (χ0) is 13.1. The molecule has 1 aromatic carbocycles. The lowest BCUT2D eigenvalue weighted by atomic mass is 10.1. The maximum Gasteiger partial charge on any atom is 0.257 e. The Labute approximate surface area is 114 Å². The van der Waals surface area contributed by atoms with Crippen molar-refractivity contribution in [3.63, 3.8) is 0 Å². The molecule has 98 valence electrons. The Kier molecular flexibility index (Phi) is 4.35. The summed E-state index contributed by atoms with van der Waals surface area (Å²) in [6, 6.07) is 4.45. The van der Waals surface area contributed by atoms with Crippen molar-refractivity contribution in [2.24, 2.45) is 0 Å². The molecule has 0 aliphatic carbocycles. The quantitative estimate of drug-likeness (QED) is 0.840. The van der Waals surface area contributed by atoms with Crippen molar-refractivity contribution in [1.29, 1.82) is 0 Å². The standard InChI is InChI=1S/C13H15BrFNO2/c1-2-10-8-18-6-5-16(10)13(17)11-7-9(14)3-4-12(11)15/h3-4,7,10H,2,5-6,8H2,1H3. The second-order valence-corrected chi connectivity index (χ2v) is 5.18. The average Bonchev–Trinajstić information content (AvgIpc) is 2.40. The van der Waals surface area contributed by atoms with Crippen LogP contribution in [0.3, 0.4) is 0 Å². The van der Waals surface area contributed by atoms with Gasteiger partial charge < -0.3 is 9.64 Å². The third kappa shape index (κ3) is 2.72. The first-order chi connectivity index (χ1) is 8.63. The van der Waals surface area contributed by atoms with Gasteiger partial charge in [-0.25, -0.2) is 4.39 Å². The predicted molar refractivity (Wildman–Crippen MR) is 70.0 cm³/mol. The molecule has 0 bridgehead atoms. The van der Waals surface area contributed by atoms with Crippen LogP contribution in [0.5, 0.6) is 0 Å². The minimum atomic E-state index is -0.482. The number of amides is 1. The highest BCUT2D eigenvalue weighted by Gasteiger charge is 2.28. The third-order valence-corrected chi connectivity index (χ3v) is 3.61. The number of carbonyl (C=O) groups is 1. The molecule has 2 rings (SSSR count). The summed E-state index contributed by atoms with van der Waals surface area (Å²) >= 11 is 3.26.